The van der Waals surface area contributed by atoms with Gasteiger partial charge in [0, 0.05) is 27.7 Å². The summed E-state index contributed by atoms with van der Waals surface area (Å²) >= 11 is 7.40. The fourth-order valence-electron chi connectivity index (χ4n) is 2.49. The van der Waals surface area contributed by atoms with Crippen LogP contribution in [0.3, 0.4) is 0 Å². The van der Waals surface area contributed by atoms with Gasteiger partial charge in [-0.1, -0.05) is 23.7 Å². The lowest BCUT2D eigenvalue weighted by atomic mass is 10.1. The van der Waals surface area contributed by atoms with E-state index < -0.39 is 5.91 Å². The monoisotopic (exact) mass is 369 g/mol. The first kappa shape index (κ1) is 15.6. The smallest absolute Gasteiger partial charge is 0.270 e. The molecule has 0 saturated carbocycles. The third-order valence-corrected chi connectivity index (χ3v) is 5.12. The van der Waals surface area contributed by atoms with E-state index in [0.29, 0.717) is 15.5 Å². The summed E-state index contributed by atoms with van der Waals surface area (Å²) in [5.41, 5.74) is 7.47. The highest BCUT2D eigenvalue weighted by molar-refractivity contribution is 7.22. The second kappa shape index (κ2) is 6.19. The Morgan fingerprint density at radius 1 is 1.20 bits per heavy atom. The van der Waals surface area contributed by atoms with E-state index in [1.807, 2.05) is 42.6 Å². The maximum atomic E-state index is 11.7. The summed E-state index contributed by atoms with van der Waals surface area (Å²) < 4.78 is 0.700. The molecule has 0 aliphatic rings. The second-order valence-electron chi connectivity index (χ2n) is 5.35. The van der Waals surface area contributed by atoms with Gasteiger partial charge in [-0.15, -0.1) is 21.5 Å². The predicted octanol–water partition coefficient (Wildman–Crippen LogP) is 4.18. The summed E-state index contributed by atoms with van der Waals surface area (Å²) in [4.78, 5) is 15.7. The van der Waals surface area contributed by atoms with Gasteiger partial charge in [-0.25, -0.2) is 0 Å². The topological polar surface area (TPSA) is 96.7 Å². The maximum absolute atomic E-state index is 11.7. The van der Waals surface area contributed by atoms with Crippen molar-refractivity contribution >= 4 is 50.4 Å². The highest BCUT2D eigenvalue weighted by Gasteiger charge is 2.18. The largest absolute Gasteiger partial charge is 0.366 e. The number of aromatic nitrogens is 3. The molecule has 3 heterocycles. The predicted molar refractivity (Wildman–Crippen MR) is 100 cm³/mol. The number of nitrogens with zero attached hydrogens (tertiary/aromatic N) is 2. The molecule has 0 radical (unpaired) electrons. The van der Waals surface area contributed by atoms with Crippen molar-refractivity contribution in [3.05, 3.63) is 59.5 Å². The SMILES string of the molecule is NC(=O)c1nnc(Nc2cc[nH]c2)c2cc(-c3ccc(Cl)cc3)sc12. The molecule has 0 unspecified atom stereocenters. The molecule has 0 fully saturated rings. The number of anilines is 2. The molecule has 0 saturated heterocycles. The zero-order valence-corrected chi connectivity index (χ0v) is 14.4. The summed E-state index contributed by atoms with van der Waals surface area (Å²) in [6.07, 6.45) is 3.61. The van der Waals surface area contributed by atoms with Crippen LogP contribution in [0.1, 0.15) is 10.5 Å². The Labute approximate surface area is 151 Å². The molecule has 8 heteroatoms. The Morgan fingerprint density at radius 2 is 2.00 bits per heavy atom. The molecule has 4 aromatic rings. The lowest BCUT2D eigenvalue weighted by Crippen LogP contribution is -2.14. The molecule has 0 spiro atoms. The van der Waals surface area contributed by atoms with Crippen LogP contribution in [-0.2, 0) is 0 Å². The number of carbonyl (C=O) groups excluding carboxylic acids is 1. The van der Waals surface area contributed by atoms with Crippen LogP contribution in [-0.4, -0.2) is 21.1 Å². The average molecular weight is 370 g/mol. The van der Waals surface area contributed by atoms with E-state index >= 15 is 0 Å². The Bertz CT molecular complexity index is 1060. The molecule has 25 heavy (non-hydrogen) atoms. The van der Waals surface area contributed by atoms with Crippen LogP contribution in [0.25, 0.3) is 20.5 Å². The number of primary amides is 1. The maximum Gasteiger partial charge on any atom is 0.270 e. The van der Waals surface area contributed by atoms with Crippen molar-refractivity contribution in [1.29, 1.82) is 0 Å². The van der Waals surface area contributed by atoms with Gasteiger partial charge in [-0.3, -0.25) is 4.79 Å². The van der Waals surface area contributed by atoms with E-state index in [2.05, 4.69) is 20.5 Å². The molecule has 124 valence electrons. The highest BCUT2D eigenvalue weighted by atomic mass is 35.5. The molecular weight excluding hydrogens is 358 g/mol. The van der Waals surface area contributed by atoms with Crippen LogP contribution in [0.5, 0.6) is 0 Å². The third kappa shape index (κ3) is 2.95. The minimum Gasteiger partial charge on any atom is -0.366 e. The summed E-state index contributed by atoms with van der Waals surface area (Å²) in [7, 11) is 0. The molecule has 3 aromatic heterocycles. The van der Waals surface area contributed by atoms with E-state index in [4.69, 9.17) is 17.3 Å². The Balaban J connectivity index is 1.88. The number of thiophene rings is 1. The van der Waals surface area contributed by atoms with Gasteiger partial charge in [0.2, 0.25) is 0 Å². The number of fused-ring (bicyclic) bond motifs is 1. The first-order valence-electron chi connectivity index (χ1n) is 7.37. The van der Waals surface area contributed by atoms with Crippen LogP contribution in [0.2, 0.25) is 5.02 Å². The number of H-pyrrole nitrogens is 1. The van der Waals surface area contributed by atoms with Crippen molar-refractivity contribution in [3.8, 4) is 10.4 Å². The van der Waals surface area contributed by atoms with Gasteiger partial charge in [0.15, 0.2) is 11.5 Å². The Kier molecular flexibility index (Phi) is 3.87. The number of nitrogens with two attached hydrogens (primary N) is 1. The zero-order valence-electron chi connectivity index (χ0n) is 12.8. The lowest BCUT2D eigenvalue weighted by molar-refractivity contribution is 0.0996. The molecule has 1 aromatic carbocycles. The van der Waals surface area contributed by atoms with Gasteiger partial charge in [0.25, 0.3) is 5.91 Å². The minimum absolute atomic E-state index is 0.167. The van der Waals surface area contributed by atoms with Gasteiger partial charge in [-0.05, 0) is 29.8 Å². The van der Waals surface area contributed by atoms with Crippen molar-refractivity contribution in [2.24, 2.45) is 5.73 Å². The van der Waals surface area contributed by atoms with Gasteiger partial charge < -0.3 is 16.0 Å². The molecule has 4 N–H and O–H groups in total. The highest BCUT2D eigenvalue weighted by Crippen LogP contribution is 2.38. The van der Waals surface area contributed by atoms with Crippen molar-refractivity contribution < 1.29 is 4.79 Å². The van der Waals surface area contributed by atoms with Crippen molar-refractivity contribution in [2.75, 3.05) is 5.32 Å². The Morgan fingerprint density at radius 3 is 2.68 bits per heavy atom. The van der Waals surface area contributed by atoms with E-state index in [-0.39, 0.29) is 5.69 Å². The molecule has 0 atom stereocenters. The number of hydrogen-bond acceptors (Lipinski definition) is 5. The molecule has 4 rings (SSSR count). The third-order valence-electron chi connectivity index (χ3n) is 3.68. The van der Waals surface area contributed by atoms with Crippen LogP contribution >= 0.6 is 22.9 Å². The minimum atomic E-state index is -0.602. The van der Waals surface area contributed by atoms with Crippen molar-refractivity contribution in [1.82, 2.24) is 15.2 Å². The number of aromatic amines is 1. The number of benzene rings is 1. The van der Waals surface area contributed by atoms with Gasteiger partial charge in [-0.2, -0.15) is 0 Å². The molecule has 0 aliphatic heterocycles. The summed E-state index contributed by atoms with van der Waals surface area (Å²) in [6.45, 7) is 0. The number of halogens is 1. The van der Waals surface area contributed by atoms with E-state index in [1.54, 1.807) is 6.20 Å². The summed E-state index contributed by atoms with van der Waals surface area (Å²) in [5.74, 6) is -0.0359. The van der Waals surface area contributed by atoms with Gasteiger partial charge in [0.1, 0.15) is 0 Å². The van der Waals surface area contributed by atoms with Crippen LogP contribution in [0.15, 0.2) is 48.8 Å². The normalized spacial score (nSPS) is 10.9. The number of nitrogens with one attached hydrogen (secondary N) is 2. The fourth-order valence-corrected chi connectivity index (χ4v) is 3.77. The van der Waals surface area contributed by atoms with Crippen LogP contribution in [0.4, 0.5) is 11.5 Å². The zero-order chi connectivity index (χ0) is 17.4. The molecule has 0 bridgehead atoms. The van der Waals surface area contributed by atoms with E-state index in [1.165, 1.54) is 11.3 Å². The number of hydrogen-bond donors (Lipinski definition) is 3. The standard InChI is InChI=1S/C17H12ClN5OS/c18-10-3-1-9(2-4-10)13-7-12-15(25-13)14(16(19)24)22-23-17(12)21-11-5-6-20-8-11/h1-8,20H,(H2,19,24)(H,21,23). The fraction of sp³-hybridized carbons (Fsp3) is 0. The van der Waals surface area contributed by atoms with Crippen molar-refractivity contribution in [3.63, 3.8) is 0 Å². The number of carbonyl (C=O) groups is 1. The lowest BCUT2D eigenvalue weighted by Gasteiger charge is -2.04. The Hall–Kier alpha value is -2.90. The number of amides is 1. The van der Waals surface area contributed by atoms with E-state index in [0.717, 1.165) is 21.5 Å². The molecular formula is C17H12ClN5OS. The van der Waals surface area contributed by atoms with Gasteiger partial charge in [0.05, 0.1) is 10.4 Å². The molecule has 6 nitrogen and oxygen atoms in total. The summed E-state index contributed by atoms with van der Waals surface area (Å²) in [6, 6.07) is 11.4. The van der Waals surface area contributed by atoms with Crippen LogP contribution < -0.4 is 11.1 Å². The van der Waals surface area contributed by atoms with E-state index in [9.17, 15) is 4.79 Å². The molecule has 0 aliphatic carbocycles. The van der Waals surface area contributed by atoms with Gasteiger partial charge >= 0.3 is 0 Å². The van der Waals surface area contributed by atoms with Crippen molar-refractivity contribution in [2.45, 2.75) is 0 Å². The quantitative estimate of drug-likeness (QED) is 0.502. The van der Waals surface area contributed by atoms with Crippen LogP contribution in [0, 0.1) is 0 Å². The first-order valence-corrected chi connectivity index (χ1v) is 8.57. The second-order valence-corrected chi connectivity index (χ2v) is 6.84. The average Bonchev–Trinajstić information content (AvgIpc) is 3.25. The first-order chi connectivity index (χ1) is 12.1. The summed E-state index contributed by atoms with van der Waals surface area (Å²) in [5, 5.41) is 12.8. The molecule has 1 amide bonds. The number of rotatable bonds is 4.